The molecule has 1 rings (SSSR count). The molecule has 0 radical (unpaired) electrons. The fraction of sp³-hybridized carbons (Fsp3) is 0.143. The Morgan fingerprint density at radius 2 is 2.00 bits per heavy atom. The van der Waals surface area contributed by atoms with Crippen molar-refractivity contribution < 1.29 is 17.9 Å². The van der Waals surface area contributed by atoms with E-state index >= 15 is 0 Å². The van der Waals surface area contributed by atoms with E-state index < -0.39 is 12.4 Å². The lowest BCUT2D eigenvalue weighted by Crippen LogP contribution is -2.04. The number of alkyl halides is 2. The van der Waals surface area contributed by atoms with Gasteiger partial charge in [0.25, 0.3) is 0 Å². The van der Waals surface area contributed by atoms with Crippen molar-refractivity contribution in [2.75, 3.05) is 5.73 Å². The van der Waals surface area contributed by atoms with Crippen LogP contribution in [0.1, 0.15) is 0 Å². The Kier molecular flexibility index (Phi) is 2.42. The highest BCUT2D eigenvalue weighted by molar-refractivity contribution is 5.52. The number of hydrogen-bond donors (Lipinski definition) is 1. The minimum absolute atomic E-state index is 0.143. The summed E-state index contributed by atoms with van der Waals surface area (Å²) in [5.74, 6) is -0.805. The van der Waals surface area contributed by atoms with Crippen LogP contribution in [0.15, 0.2) is 18.2 Å². The van der Waals surface area contributed by atoms with Gasteiger partial charge in [0, 0.05) is 6.07 Å². The molecule has 0 atom stereocenters. The van der Waals surface area contributed by atoms with E-state index in [2.05, 4.69) is 4.74 Å². The van der Waals surface area contributed by atoms with Gasteiger partial charge in [0.15, 0.2) is 0 Å². The van der Waals surface area contributed by atoms with Crippen LogP contribution in [0.4, 0.5) is 18.9 Å². The molecule has 2 N–H and O–H groups in total. The Morgan fingerprint density at radius 3 is 2.50 bits per heavy atom. The molecule has 0 aliphatic carbocycles. The molecule has 0 saturated carbocycles. The first-order valence-corrected chi connectivity index (χ1v) is 3.09. The molecule has 1 aromatic carbocycles. The maximum absolute atomic E-state index is 12.4. The molecule has 0 heterocycles. The van der Waals surface area contributed by atoms with Gasteiger partial charge in [-0.3, -0.25) is 0 Å². The van der Waals surface area contributed by atoms with Gasteiger partial charge in [0.1, 0.15) is 11.6 Å². The van der Waals surface area contributed by atoms with Crippen molar-refractivity contribution in [3.05, 3.63) is 24.0 Å². The van der Waals surface area contributed by atoms with Gasteiger partial charge >= 0.3 is 6.61 Å². The largest absolute Gasteiger partial charge is 0.433 e. The summed E-state index contributed by atoms with van der Waals surface area (Å²) in [6.45, 7) is -2.95. The molecule has 12 heavy (non-hydrogen) atoms. The van der Waals surface area contributed by atoms with Gasteiger partial charge in [0.05, 0.1) is 5.69 Å². The number of halogens is 3. The SMILES string of the molecule is Nc1cc(F)ccc1OC(F)F. The average Bonchev–Trinajstić information content (AvgIpc) is 1.94. The fourth-order valence-corrected chi connectivity index (χ4v) is 0.723. The van der Waals surface area contributed by atoms with E-state index in [1.54, 1.807) is 0 Å². The molecule has 0 fully saturated rings. The lowest BCUT2D eigenvalue weighted by molar-refractivity contribution is -0.0493. The highest BCUT2D eigenvalue weighted by atomic mass is 19.3. The molecular weight excluding hydrogens is 171 g/mol. The van der Waals surface area contributed by atoms with Crippen LogP contribution in [0.25, 0.3) is 0 Å². The van der Waals surface area contributed by atoms with Gasteiger partial charge in [-0.05, 0) is 12.1 Å². The van der Waals surface area contributed by atoms with Crippen LogP contribution in [0.2, 0.25) is 0 Å². The second kappa shape index (κ2) is 3.34. The smallest absolute Gasteiger partial charge is 0.387 e. The normalized spacial score (nSPS) is 10.3. The summed E-state index contributed by atoms with van der Waals surface area (Å²) in [6, 6.07) is 2.96. The van der Waals surface area contributed by atoms with Crippen molar-refractivity contribution in [1.29, 1.82) is 0 Å². The minimum Gasteiger partial charge on any atom is -0.433 e. The Morgan fingerprint density at radius 1 is 1.33 bits per heavy atom. The number of hydrogen-bond acceptors (Lipinski definition) is 2. The summed E-state index contributed by atoms with van der Waals surface area (Å²) in [7, 11) is 0. The molecule has 0 spiro atoms. The third-order valence-electron chi connectivity index (χ3n) is 1.19. The Labute approximate surface area is 66.7 Å². The number of ether oxygens (including phenoxy) is 1. The minimum atomic E-state index is -2.95. The van der Waals surface area contributed by atoms with Crippen molar-refractivity contribution in [3.8, 4) is 5.75 Å². The van der Waals surface area contributed by atoms with Crippen molar-refractivity contribution in [2.45, 2.75) is 6.61 Å². The van der Waals surface area contributed by atoms with E-state index in [4.69, 9.17) is 5.73 Å². The third-order valence-corrected chi connectivity index (χ3v) is 1.19. The maximum atomic E-state index is 12.4. The highest BCUT2D eigenvalue weighted by Gasteiger charge is 2.07. The quantitative estimate of drug-likeness (QED) is 0.701. The van der Waals surface area contributed by atoms with Crippen LogP contribution in [0.5, 0.6) is 5.75 Å². The molecule has 0 aromatic heterocycles. The van der Waals surface area contributed by atoms with Gasteiger partial charge in [0.2, 0.25) is 0 Å². The first kappa shape index (κ1) is 8.70. The molecule has 0 aliphatic rings. The van der Waals surface area contributed by atoms with Crippen LogP contribution < -0.4 is 10.5 Å². The zero-order valence-electron chi connectivity index (χ0n) is 5.93. The van der Waals surface area contributed by atoms with E-state index in [9.17, 15) is 13.2 Å². The predicted octanol–water partition coefficient (Wildman–Crippen LogP) is 2.01. The maximum Gasteiger partial charge on any atom is 0.387 e. The molecule has 2 nitrogen and oxygen atoms in total. The molecule has 0 bridgehead atoms. The lowest BCUT2D eigenvalue weighted by atomic mass is 10.3. The number of benzene rings is 1. The Bertz CT molecular complexity index is 277. The van der Waals surface area contributed by atoms with Gasteiger partial charge in [-0.1, -0.05) is 0 Å². The summed E-state index contributed by atoms with van der Waals surface area (Å²) < 4.78 is 39.6. The molecule has 0 saturated heterocycles. The molecule has 0 unspecified atom stereocenters. The van der Waals surface area contributed by atoms with Crippen LogP contribution in [0, 0.1) is 5.82 Å². The summed E-state index contributed by atoms with van der Waals surface area (Å²) in [5, 5.41) is 0. The Hall–Kier alpha value is -1.39. The Balaban J connectivity index is 2.86. The van der Waals surface area contributed by atoms with Crippen molar-refractivity contribution >= 4 is 5.69 Å². The van der Waals surface area contributed by atoms with Crippen LogP contribution in [-0.4, -0.2) is 6.61 Å². The average molecular weight is 177 g/mol. The first-order chi connectivity index (χ1) is 5.59. The van der Waals surface area contributed by atoms with E-state index in [0.717, 1.165) is 18.2 Å². The molecular formula is C7H6F3NO. The van der Waals surface area contributed by atoms with Gasteiger partial charge in [-0.15, -0.1) is 0 Å². The molecule has 5 heteroatoms. The summed E-state index contributed by atoms with van der Waals surface area (Å²) in [4.78, 5) is 0. The van der Waals surface area contributed by atoms with Crippen LogP contribution in [0.3, 0.4) is 0 Å². The van der Waals surface area contributed by atoms with Gasteiger partial charge < -0.3 is 10.5 Å². The number of nitrogen functional groups attached to an aromatic ring is 1. The fourth-order valence-electron chi connectivity index (χ4n) is 0.723. The van der Waals surface area contributed by atoms with Gasteiger partial charge in [-0.2, -0.15) is 8.78 Å². The molecule has 0 amide bonds. The lowest BCUT2D eigenvalue weighted by Gasteiger charge is -2.06. The monoisotopic (exact) mass is 177 g/mol. The van der Waals surface area contributed by atoms with Crippen molar-refractivity contribution in [3.63, 3.8) is 0 Å². The zero-order valence-corrected chi connectivity index (χ0v) is 5.93. The van der Waals surface area contributed by atoms with E-state index in [-0.39, 0.29) is 11.4 Å². The highest BCUT2D eigenvalue weighted by Crippen LogP contribution is 2.23. The standard InChI is InChI=1S/C7H6F3NO/c8-4-1-2-6(5(11)3-4)12-7(9)10/h1-3,7H,11H2. The summed E-state index contributed by atoms with van der Waals surface area (Å²) >= 11 is 0. The first-order valence-electron chi connectivity index (χ1n) is 3.09. The topological polar surface area (TPSA) is 35.2 Å². The van der Waals surface area contributed by atoms with E-state index in [0.29, 0.717) is 0 Å². The van der Waals surface area contributed by atoms with Crippen LogP contribution >= 0.6 is 0 Å². The number of anilines is 1. The summed E-state index contributed by atoms with van der Waals surface area (Å²) in [6.07, 6.45) is 0. The van der Waals surface area contributed by atoms with Gasteiger partial charge in [-0.25, -0.2) is 4.39 Å². The number of nitrogens with two attached hydrogens (primary N) is 1. The van der Waals surface area contributed by atoms with Crippen molar-refractivity contribution in [1.82, 2.24) is 0 Å². The molecule has 0 aliphatic heterocycles. The number of rotatable bonds is 2. The van der Waals surface area contributed by atoms with E-state index in [1.165, 1.54) is 0 Å². The van der Waals surface area contributed by atoms with Crippen LogP contribution in [-0.2, 0) is 0 Å². The molecule has 66 valence electrons. The zero-order chi connectivity index (χ0) is 9.14. The summed E-state index contributed by atoms with van der Waals surface area (Å²) in [5.41, 5.74) is 5.03. The molecule has 1 aromatic rings. The van der Waals surface area contributed by atoms with E-state index in [1.807, 2.05) is 0 Å². The second-order valence-electron chi connectivity index (χ2n) is 2.06. The van der Waals surface area contributed by atoms with Crippen molar-refractivity contribution in [2.24, 2.45) is 0 Å². The second-order valence-corrected chi connectivity index (χ2v) is 2.06. The third kappa shape index (κ3) is 2.05. The predicted molar refractivity (Wildman–Crippen MR) is 37.4 cm³/mol.